The number of carboxylic acids is 1. The van der Waals surface area contributed by atoms with Gasteiger partial charge in [-0.15, -0.1) is 0 Å². The molecule has 12 N–H and O–H groups in total. The minimum Gasteiger partial charge on any atom is -0.479 e. The summed E-state index contributed by atoms with van der Waals surface area (Å²) >= 11 is 0. The number of carbonyl (C=O) groups is 1. The number of hydrogen-bond acceptors (Lipinski definition) is 18. The van der Waals surface area contributed by atoms with E-state index in [4.69, 9.17) is 28.4 Å². The number of hydrogen-bond donors (Lipinski definition) is 12. The van der Waals surface area contributed by atoms with E-state index >= 15 is 0 Å². The van der Waals surface area contributed by atoms with Gasteiger partial charge in [0.05, 0.1) is 32.0 Å². The molecule has 19 nitrogen and oxygen atoms in total. The molecule has 3 aliphatic heterocycles. The van der Waals surface area contributed by atoms with Crippen molar-refractivity contribution in [3.05, 3.63) is 11.6 Å². The van der Waals surface area contributed by atoms with Crippen molar-refractivity contribution in [3.8, 4) is 0 Å². The van der Waals surface area contributed by atoms with E-state index in [1.54, 1.807) is 0 Å². The van der Waals surface area contributed by atoms with Gasteiger partial charge in [0.25, 0.3) is 0 Å². The average Bonchev–Trinajstić information content (AvgIpc) is 3.27. The summed E-state index contributed by atoms with van der Waals surface area (Å²) in [4.78, 5) is 12.5. The van der Waals surface area contributed by atoms with Gasteiger partial charge in [-0.05, 0) is 97.2 Å². The Balaban J connectivity index is 1.08. The lowest BCUT2D eigenvalue weighted by molar-refractivity contribution is -0.397. The van der Waals surface area contributed by atoms with Crippen LogP contribution in [0.3, 0.4) is 0 Å². The lowest BCUT2D eigenvalue weighted by atomic mass is 9.33. The third-order valence-electron chi connectivity index (χ3n) is 19.5. The van der Waals surface area contributed by atoms with Crippen LogP contribution in [0, 0.1) is 50.2 Å². The highest BCUT2D eigenvalue weighted by atomic mass is 16.8. The van der Waals surface area contributed by atoms with Gasteiger partial charge in [0.15, 0.2) is 25.0 Å². The summed E-state index contributed by atoms with van der Waals surface area (Å²) in [5.74, 6) is -1.22. The zero-order chi connectivity index (χ0) is 49.1. The Labute approximate surface area is 392 Å². The van der Waals surface area contributed by atoms with Crippen molar-refractivity contribution >= 4 is 5.97 Å². The van der Waals surface area contributed by atoms with Crippen LogP contribution >= 0.6 is 0 Å². The fourth-order valence-electron chi connectivity index (χ4n) is 15.2. The highest BCUT2D eigenvalue weighted by Gasteiger charge is 2.70. The second kappa shape index (κ2) is 18.2. The van der Waals surface area contributed by atoms with Crippen LogP contribution in [0.5, 0.6) is 0 Å². The maximum absolute atomic E-state index is 12.5. The van der Waals surface area contributed by atoms with Gasteiger partial charge >= 0.3 is 5.97 Å². The highest BCUT2D eigenvalue weighted by Crippen LogP contribution is 2.76. The molecule has 0 aromatic rings. The van der Waals surface area contributed by atoms with Crippen LogP contribution in [0.4, 0.5) is 0 Å². The molecule has 8 rings (SSSR count). The summed E-state index contributed by atoms with van der Waals surface area (Å²) in [5, 5.41) is 130. The second-order valence-corrected chi connectivity index (χ2v) is 23.6. The van der Waals surface area contributed by atoms with Crippen LogP contribution in [-0.4, -0.2) is 191 Å². The van der Waals surface area contributed by atoms with E-state index in [0.29, 0.717) is 12.8 Å². The van der Waals surface area contributed by atoms with Gasteiger partial charge in [-0.1, -0.05) is 60.1 Å². The van der Waals surface area contributed by atoms with Crippen LogP contribution in [0.1, 0.15) is 106 Å². The van der Waals surface area contributed by atoms with Gasteiger partial charge in [0, 0.05) is 10.8 Å². The van der Waals surface area contributed by atoms with E-state index < -0.39 is 123 Å². The Hall–Kier alpha value is -1.47. The normalized spacial score (nSPS) is 55.3. The maximum atomic E-state index is 12.5. The van der Waals surface area contributed by atoms with E-state index in [9.17, 15) is 66.1 Å². The summed E-state index contributed by atoms with van der Waals surface area (Å²) < 4.78 is 36.0. The first-order chi connectivity index (χ1) is 31.3. The molecule has 19 heteroatoms. The van der Waals surface area contributed by atoms with Crippen molar-refractivity contribution in [1.29, 1.82) is 0 Å². The molecule has 4 saturated carbocycles. The minimum atomic E-state index is -2.10. The lowest BCUT2D eigenvalue weighted by Crippen LogP contribution is -2.68. The largest absolute Gasteiger partial charge is 0.479 e. The Morgan fingerprint density at radius 2 is 1.21 bits per heavy atom. The summed E-state index contributed by atoms with van der Waals surface area (Å²) in [6, 6.07) is 0. The van der Waals surface area contributed by atoms with Gasteiger partial charge in [0.2, 0.25) is 0 Å². The van der Waals surface area contributed by atoms with Gasteiger partial charge < -0.3 is 89.7 Å². The number of aliphatic carboxylic acids is 1. The predicted octanol–water partition coefficient (Wildman–Crippen LogP) is -0.323. The fraction of sp³-hybridized carbons (Fsp3) is 0.938. The number of carboxylic acid groups (broad SMARTS) is 1. The zero-order valence-corrected chi connectivity index (χ0v) is 39.8. The monoisotopic (exact) mass is 959 g/mol. The second-order valence-electron chi connectivity index (χ2n) is 23.6. The molecule has 25 atom stereocenters. The van der Waals surface area contributed by atoms with Crippen molar-refractivity contribution in [2.75, 3.05) is 19.8 Å². The van der Waals surface area contributed by atoms with Crippen LogP contribution in [0.25, 0.3) is 0 Å². The number of fused-ring (bicyclic) bond motifs is 7. The molecule has 3 saturated heterocycles. The van der Waals surface area contributed by atoms with Crippen molar-refractivity contribution in [3.63, 3.8) is 0 Å². The zero-order valence-electron chi connectivity index (χ0n) is 39.8. The summed E-state index contributed by atoms with van der Waals surface area (Å²) in [6.45, 7) is 14.0. The molecule has 0 amide bonds. The molecule has 3 heterocycles. The Kier molecular flexibility index (Phi) is 14.1. The van der Waals surface area contributed by atoms with Gasteiger partial charge in [-0.2, -0.15) is 0 Å². The lowest BCUT2D eigenvalue weighted by Gasteiger charge is -2.72. The summed E-state index contributed by atoms with van der Waals surface area (Å²) in [5.41, 5.74) is -0.143. The van der Waals surface area contributed by atoms with Crippen LogP contribution in [0.15, 0.2) is 11.6 Å². The number of rotatable bonds is 10. The van der Waals surface area contributed by atoms with Gasteiger partial charge in [-0.3, -0.25) is 0 Å². The average molecular weight is 959 g/mol. The molecule has 0 spiro atoms. The molecule has 384 valence electrons. The van der Waals surface area contributed by atoms with Crippen LogP contribution < -0.4 is 0 Å². The summed E-state index contributed by atoms with van der Waals surface area (Å²) in [7, 11) is 0. The number of ether oxygens (including phenoxy) is 6. The minimum absolute atomic E-state index is 0.00861. The van der Waals surface area contributed by atoms with Gasteiger partial charge in [0.1, 0.15) is 67.1 Å². The SMILES string of the molecule is CC1(C)CC2C3=CCC4[C@@]5(C)CC[C@H](O[C@@H]6O[C@H](C(=O)O)[C@@H](O)[C@H](O)[C@H]6O[C@@H]6O[C@H](CO)[C@@H](O)[C@H](O)[C@H]6O[C@@H]6O[C@H](CO)[C@@H](O)[C@H](O)[C@H]6O)[C@](C)(CO)C5CC[C@@]4(C)[C@]3(C)CC[C@@]2(C)[C@H](O)C1. The number of aliphatic hydroxyl groups excluding tert-OH is 11. The molecule has 7 fully saturated rings. The Morgan fingerprint density at radius 1 is 0.627 bits per heavy atom. The quantitative estimate of drug-likeness (QED) is 0.0986. The van der Waals surface area contributed by atoms with Crippen molar-refractivity contribution < 1.29 is 94.5 Å². The molecule has 5 aliphatic carbocycles. The van der Waals surface area contributed by atoms with Gasteiger partial charge in [-0.25, -0.2) is 4.79 Å². The molecule has 67 heavy (non-hydrogen) atoms. The summed E-state index contributed by atoms with van der Waals surface area (Å²) in [6.07, 6.45) is -19.2. The first-order valence-electron chi connectivity index (χ1n) is 24.4. The Morgan fingerprint density at radius 3 is 1.82 bits per heavy atom. The molecule has 3 unspecified atom stereocenters. The third-order valence-corrected chi connectivity index (χ3v) is 19.5. The maximum Gasteiger partial charge on any atom is 0.335 e. The van der Waals surface area contributed by atoms with Crippen LogP contribution in [0.2, 0.25) is 0 Å². The topological polar surface area (TPSA) is 315 Å². The van der Waals surface area contributed by atoms with E-state index in [2.05, 4.69) is 47.6 Å². The van der Waals surface area contributed by atoms with Crippen molar-refractivity contribution in [2.45, 2.75) is 211 Å². The van der Waals surface area contributed by atoms with E-state index in [1.807, 2.05) is 6.92 Å². The highest BCUT2D eigenvalue weighted by molar-refractivity contribution is 5.73. The molecule has 0 radical (unpaired) electrons. The molecule has 0 aromatic carbocycles. The fourth-order valence-corrected chi connectivity index (χ4v) is 15.2. The molecular formula is C48H78O19. The van der Waals surface area contributed by atoms with Crippen LogP contribution in [-0.2, 0) is 33.2 Å². The third kappa shape index (κ3) is 8.10. The van der Waals surface area contributed by atoms with E-state index in [1.165, 1.54) is 5.57 Å². The molecule has 8 aliphatic rings. The molecule has 0 aromatic heterocycles. The van der Waals surface area contributed by atoms with Crippen molar-refractivity contribution in [2.24, 2.45) is 50.2 Å². The standard InChI is InChI=1S/C48H78O19/c1-43(2)16-22-21-8-9-26-45(4)12-11-28(46(5,20-51)25(45)10-13-48(26,7)47(21,6)15-14-44(22,3)27(52)17-43)64-42-38(34(58)33(57)36(65-42)39(60)61)67-41-37(32(56)30(54)24(19-50)63-41)66-40-35(59)31(55)29(53)23(18-49)62-40/h8,22-38,40-42,49-59H,9-20H2,1-7H3,(H,60,61)/t22?,23-,24-,25?,26?,27-,28+,29-,30-,31+,32+,33+,34+,35-,36+,37-,38-,40+,41+,42-,44-,45+,46-,47-,48-/m1/s1. The Bertz CT molecular complexity index is 1830. The number of allylic oxidation sites excluding steroid dienone is 2. The smallest absolute Gasteiger partial charge is 0.335 e. The first-order valence-corrected chi connectivity index (χ1v) is 24.4. The number of aliphatic hydroxyl groups is 11. The molecule has 0 bridgehead atoms. The van der Waals surface area contributed by atoms with Crippen molar-refractivity contribution in [1.82, 2.24) is 0 Å². The first kappa shape index (κ1) is 51.9. The van der Waals surface area contributed by atoms with E-state index in [-0.39, 0.29) is 57.5 Å². The molecular weight excluding hydrogens is 881 g/mol. The predicted molar refractivity (Wildman–Crippen MR) is 232 cm³/mol. The van der Waals surface area contributed by atoms with E-state index in [0.717, 1.165) is 44.9 Å².